The zero-order valence-corrected chi connectivity index (χ0v) is 12.7. The van der Waals surface area contributed by atoms with Crippen LogP contribution in [0.5, 0.6) is 0 Å². The molecule has 0 bridgehead atoms. The maximum atomic E-state index is 4.24. The summed E-state index contributed by atoms with van der Waals surface area (Å²) < 4.78 is 1.88. The third-order valence-electron chi connectivity index (χ3n) is 4.09. The molecule has 2 aromatic rings. The Labute approximate surface area is 122 Å². The second-order valence-electron chi connectivity index (χ2n) is 5.36. The topological polar surface area (TPSA) is 29.9 Å². The first-order valence-electron chi connectivity index (χ1n) is 7.57. The molecule has 0 saturated carbocycles. The maximum absolute atomic E-state index is 4.24. The third kappa shape index (κ3) is 3.70. The highest BCUT2D eigenvalue weighted by Crippen LogP contribution is 2.14. The second-order valence-corrected chi connectivity index (χ2v) is 5.36. The maximum Gasteiger partial charge on any atom is 0.0645 e. The fraction of sp³-hybridized carbons (Fsp3) is 0.471. The lowest BCUT2D eigenvalue weighted by atomic mass is 9.95. The molecule has 0 spiro atoms. The van der Waals surface area contributed by atoms with Crippen molar-refractivity contribution in [3.05, 3.63) is 48.3 Å². The fourth-order valence-corrected chi connectivity index (χ4v) is 2.63. The molecule has 0 aliphatic carbocycles. The lowest BCUT2D eigenvalue weighted by molar-refractivity contribution is 0.353. The largest absolute Gasteiger partial charge is 0.310 e. The molecule has 0 saturated heterocycles. The van der Waals surface area contributed by atoms with Crippen molar-refractivity contribution in [2.75, 3.05) is 0 Å². The van der Waals surface area contributed by atoms with E-state index in [2.05, 4.69) is 55.5 Å². The van der Waals surface area contributed by atoms with Crippen LogP contribution in [-0.2, 0) is 6.54 Å². The molecule has 3 nitrogen and oxygen atoms in total. The van der Waals surface area contributed by atoms with Gasteiger partial charge < -0.3 is 5.32 Å². The van der Waals surface area contributed by atoms with Gasteiger partial charge in [0.15, 0.2) is 0 Å². The van der Waals surface area contributed by atoms with E-state index in [1.54, 1.807) is 6.20 Å². The van der Waals surface area contributed by atoms with E-state index < -0.39 is 0 Å². The van der Waals surface area contributed by atoms with E-state index in [1.807, 2.05) is 16.9 Å². The van der Waals surface area contributed by atoms with Crippen LogP contribution in [0.1, 0.15) is 39.2 Å². The van der Waals surface area contributed by atoms with E-state index in [0.717, 1.165) is 18.2 Å². The van der Waals surface area contributed by atoms with Crippen LogP contribution < -0.4 is 5.32 Å². The lowest BCUT2D eigenvalue weighted by Gasteiger charge is -2.22. The van der Waals surface area contributed by atoms with Crippen molar-refractivity contribution in [3.8, 4) is 5.69 Å². The Morgan fingerprint density at radius 2 is 1.85 bits per heavy atom. The number of hydrogen-bond acceptors (Lipinski definition) is 2. The first kappa shape index (κ1) is 14.8. The van der Waals surface area contributed by atoms with Crippen molar-refractivity contribution in [1.29, 1.82) is 0 Å². The van der Waals surface area contributed by atoms with Gasteiger partial charge in [-0.3, -0.25) is 0 Å². The van der Waals surface area contributed by atoms with Crippen LogP contribution in [0.2, 0.25) is 0 Å². The van der Waals surface area contributed by atoms with E-state index in [-0.39, 0.29) is 0 Å². The van der Waals surface area contributed by atoms with Crippen LogP contribution in [0.3, 0.4) is 0 Å². The van der Waals surface area contributed by atoms with Gasteiger partial charge in [-0.05, 0) is 36.6 Å². The summed E-state index contributed by atoms with van der Waals surface area (Å²) in [5, 5.41) is 7.87. The van der Waals surface area contributed by atoms with E-state index in [0.29, 0.717) is 6.04 Å². The molecular formula is C17H25N3. The minimum Gasteiger partial charge on any atom is -0.310 e. The minimum atomic E-state index is 0.566. The number of rotatable bonds is 7. The van der Waals surface area contributed by atoms with Crippen LogP contribution in [0.25, 0.3) is 5.69 Å². The summed E-state index contributed by atoms with van der Waals surface area (Å²) in [7, 11) is 0. The molecule has 2 rings (SSSR count). The van der Waals surface area contributed by atoms with Crippen molar-refractivity contribution >= 4 is 0 Å². The molecule has 0 fully saturated rings. The Morgan fingerprint density at radius 1 is 1.15 bits per heavy atom. The molecule has 1 N–H and O–H groups in total. The van der Waals surface area contributed by atoms with Crippen LogP contribution in [-0.4, -0.2) is 15.8 Å². The molecule has 108 valence electrons. The number of benzene rings is 1. The molecule has 0 aliphatic heterocycles. The molecule has 1 unspecified atom stereocenters. The van der Waals surface area contributed by atoms with Crippen molar-refractivity contribution < 1.29 is 0 Å². The highest BCUT2D eigenvalue weighted by molar-refractivity contribution is 5.33. The quantitative estimate of drug-likeness (QED) is 0.830. The Bertz CT molecular complexity index is 483. The van der Waals surface area contributed by atoms with E-state index >= 15 is 0 Å². The summed E-state index contributed by atoms with van der Waals surface area (Å²) in [4.78, 5) is 0. The Balaban J connectivity index is 1.91. The average Bonchev–Trinajstić information content (AvgIpc) is 3.01. The minimum absolute atomic E-state index is 0.566. The Kier molecular flexibility index (Phi) is 5.36. The first-order valence-corrected chi connectivity index (χ1v) is 7.57. The van der Waals surface area contributed by atoms with Gasteiger partial charge in [-0.2, -0.15) is 5.10 Å². The summed E-state index contributed by atoms with van der Waals surface area (Å²) >= 11 is 0. The van der Waals surface area contributed by atoms with Gasteiger partial charge in [0.05, 0.1) is 5.69 Å². The third-order valence-corrected chi connectivity index (χ3v) is 4.09. The van der Waals surface area contributed by atoms with Gasteiger partial charge in [-0.25, -0.2) is 4.68 Å². The number of nitrogens with one attached hydrogen (secondary N) is 1. The molecule has 0 aliphatic rings. The smallest absolute Gasteiger partial charge is 0.0645 e. The van der Waals surface area contributed by atoms with Crippen molar-refractivity contribution in [2.45, 2.75) is 46.2 Å². The van der Waals surface area contributed by atoms with Crippen LogP contribution in [0.4, 0.5) is 0 Å². The second kappa shape index (κ2) is 7.25. The van der Waals surface area contributed by atoms with Crippen molar-refractivity contribution in [3.63, 3.8) is 0 Å². The summed E-state index contributed by atoms with van der Waals surface area (Å²) in [5.41, 5.74) is 2.42. The van der Waals surface area contributed by atoms with Gasteiger partial charge >= 0.3 is 0 Å². The number of aromatic nitrogens is 2. The van der Waals surface area contributed by atoms with Gasteiger partial charge in [0, 0.05) is 25.0 Å². The monoisotopic (exact) mass is 271 g/mol. The summed E-state index contributed by atoms with van der Waals surface area (Å²) in [6, 6.07) is 11.1. The molecule has 1 aromatic heterocycles. The van der Waals surface area contributed by atoms with Gasteiger partial charge in [0.2, 0.25) is 0 Å². The predicted molar refractivity (Wildman–Crippen MR) is 83.9 cm³/mol. The van der Waals surface area contributed by atoms with Crippen molar-refractivity contribution in [1.82, 2.24) is 15.1 Å². The van der Waals surface area contributed by atoms with Crippen LogP contribution >= 0.6 is 0 Å². The summed E-state index contributed by atoms with van der Waals surface area (Å²) in [5.74, 6) is 0.762. The summed E-state index contributed by atoms with van der Waals surface area (Å²) in [6.07, 6.45) is 6.24. The molecular weight excluding hydrogens is 246 g/mol. The zero-order valence-electron chi connectivity index (χ0n) is 12.7. The summed E-state index contributed by atoms with van der Waals surface area (Å²) in [6.45, 7) is 7.75. The van der Waals surface area contributed by atoms with Gasteiger partial charge in [-0.15, -0.1) is 0 Å². The average molecular weight is 271 g/mol. The normalized spacial score (nSPS) is 12.8. The fourth-order valence-electron chi connectivity index (χ4n) is 2.63. The SMILES string of the molecule is CCC(CC)C(C)NCc1ccc(-n2cccn2)cc1. The molecule has 0 radical (unpaired) electrons. The number of hydrogen-bond donors (Lipinski definition) is 1. The van der Waals surface area contributed by atoms with Gasteiger partial charge in [0.25, 0.3) is 0 Å². The van der Waals surface area contributed by atoms with E-state index in [9.17, 15) is 0 Å². The Hall–Kier alpha value is -1.61. The molecule has 1 aromatic carbocycles. The lowest BCUT2D eigenvalue weighted by Crippen LogP contribution is -2.32. The highest BCUT2D eigenvalue weighted by Gasteiger charge is 2.12. The van der Waals surface area contributed by atoms with Crippen molar-refractivity contribution in [2.24, 2.45) is 5.92 Å². The predicted octanol–water partition coefficient (Wildman–Crippen LogP) is 3.79. The zero-order chi connectivity index (χ0) is 14.4. The van der Waals surface area contributed by atoms with Crippen LogP contribution in [0, 0.1) is 5.92 Å². The number of nitrogens with zero attached hydrogens (tertiary/aromatic N) is 2. The van der Waals surface area contributed by atoms with Crippen LogP contribution in [0.15, 0.2) is 42.7 Å². The molecule has 3 heteroatoms. The molecule has 0 amide bonds. The molecule has 20 heavy (non-hydrogen) atoms. The van der Waals surface area contributed by atoms with E-state index in [1.165, 1.54) is 18.4 Å². The molecule has 1 atom stereocenters. The first-order chi connectivity index (χ1) is 9.74. The van der Waals surface area contributed by atoms with Gasteiger partial charge in [-0.1, -0.05) is 38.8 Å². The highest BCUT2D eigenvalue weighted by atomic mass is 15.3. The Morgan fingerprint density at radius 3 is 2.40 bits per heavy atom. The van der Waals surface area contributed by atoms with E-state index in [4.69, 9.17) is 0 Å². The van der Waals surface area contributed by atoms with Gasteiger partial charge in [0.1, 0.15) is 0 Å². The standard InChI is InChI=1S/C17H25N3/c1-4-16(5-2)14(3)18-13-15-7-9-17(10-8-15)20-12-6-11-19-20/h6-12,14,16,18H,4-5,13H2,1-3H3. The molecule has 1 heterocycles.